The molecule has 6 nitrogen and oxygen atoms in total. The molecular weight excluding hydrogens is 270 g/mol. The molecule has 0 fully saturated rings. The molecule has 0 heterocycles. The van der Waals surface area contributed by atoms with Crippen molar-refractivity contribution < 1.29 is 9.66 Å². The van der Waals surface area contributed by atoms with E-state index in [1.165, 1.54) is 17.7 Å². The average molecular weight is 287 g/mol. The van der Waals surface area contributed by atoms with E-state index in [1.54, 1.807) is 18.2 Å². The first-order valence-electron chi connectivity index (χ1n) is 6.54. The molecule has 0 aliphatic rings. The van der Waals surface area contributed by atoms with E-state index in [1.807, 2.05) is 12.1 Å². The molecular formula is C15H17N3O3. The Hall–Kier alpha value is -2.60. The van der Waals surface area contributed by atoms with Crippen LogP contribution >= 0.6 is 0 Å². The Kier molecular flexibility index (Phi) is 4.39. The first-order valence-corrected chi connectivity index (χ1v) is 6.54. The number of nitrogens with zero attached hydrogens (tertiary/aromatic N) is 1. The van der Waals surface area contributed by atoms with Crippen LogP contribution in [0.15, 0.2) is 42.5 Å². The summed E-state index contributed by atoms with van der Waals surface area (Å²) in [7, 11) is 0. The molecule has 110 valence electrons. The van der Waals surface area contributed by atoms with Gasteiger partial charge in [-0.3, -0.25) is 16.0 Å². The number of nitrogens with two attached hydrogens (primary N) is 1. The lowest BCUT2D eigenvalue weighted by molar-refractivity contribution is -0.384. The van der Waals surface area contributed by atoms with Crippen LogP contribution < -0.4 is 16.0 Å². The van der Waals surface area contributed by atoms with Gasteiger partial charge in [-0.15, -0.1) is 0 Å². The van der Waals surface area contributed by atoms with Crippen LogP contribution in [-0.4, -0.2) is 4.92 Å². The Morgan fingerprint density at radius 2 is 1.86 bits per heavy atom. The van der Waals surface area contributed by atoms with Gasteiger partial charge in [0, 0.05) is 0 Å². The van der Waals surface area contributed by atoms with Crippen molar-refractivity contribution in [2.45, 2.75) is 19.8 Å². The first-order chi connectivity index (χ1) is 10.0. The standard InChI is InChI=1S/C15H17N3O3/c1-10(2)11-6-8-12(9-7-11)21-14-5-3-4-13(17-16)15(14)18(19)20/h3-10,17H,16H2,1-2H3. The van der Waals surface area contributed by atoms with Crippen LogP contribution in [0.5, 0.6) is 11.5 Å². The molecule has 0 amide bonds. The highest BCUT2D eigenvalue weighted by Crippen LogP contribution is 2.37. The summed E-state index contributed by atoms with van der Waals surface area (Å²) in [6.07, 6.45) is 0. The second-order valence-corrected chi connectivity index (χ2v) is 4.88. The number of hydrogen-bond donors (Lipinski definition) is 2. The SMILES string of the molecule is CC(C)c1ccc(Oc2cccc(NN)c2[N+](=O)[O-])cc1. The molecule has 0 aromatic heterocycles. The Labute approximate surface area is 122 Å². The van der Waals surface area contributed by atoms with Gasteiger partial charge in [0.15, 0.2) is 0 Å². The van der Waals surface area contributed by atoms with Crippen LogP contribution in [0.25, 0.3) is 0 Å². The maximum atomic E-state index is 11.2. The molecule has 6 heteroatoms. The maximum Gasteiger partial charge on any atom is 0.335 e. The van der Waals surface area contributed by atoms with Gasteiger partial charge in [-0.1, -0.05) is 32.0 Å². The predicted molar refractivity (Wildman–Crippen MR) is 81.5 cm³/mol. The Balaban J connectivity index is 2.33. The van der Waals surface area contributed by atoms with Crippen LogP contribution in [0.4, 0.5) is 11.4 Å². The van der Waals surface area contributed by atoms with E-state index in [2.05, 4.69) is 19.3 Å². The lowest BCUT2D eigenvalue weighted by atomic mass is 10.0. The molecule has 2 aromatic rings. The number of ether oxygens (including phenoxy) is 1. The summed E-state index contributed by atoms with van der Waals surface area (Å²) < 4.78 is 5.61. The Bertz CT molecular complexity index is 639. The van der Waals surface area contributed by atoms with E-state index in [-0.39, 0.29) is 17.1 Å². The number of nitro groups is 1. The monoisotopic (exact) mass is 287 g/mol. The molecule has 3 N–H and O–H groups in total. The van der Waals surface area contributed by atoms with Crippen molar-refractivity contribution in [3.05, 3.63) is 58.1 Å². The molecule has 0 spiro atoms. The fourth-order valence-corrected chi connectivity index (χ4v) is 1.96. The number of nitrogens with one attached hydrogen (secondary N) is 1. The van der Waals surface area contributed by atoms with Gasteiger partial charge >= 0.3 is 5.69 Å². The molecule has 2 rings (SSSR count). The fourth-order valence-electron chi connectivity index (χ4n) is 1.96. The molecule has 0 unspecified atom stereocenters. The van der Waals surface area contributed by atoms with E-state index >= 15 is 0 Å². The van der Waals surface area contributed by atoms with Crippen LogP contribution in [0, 0.1) is 10.1 Å². The molecule has 0 saturated carbocycles. The highest BCUT2D eigenvalue weighted by molar-refractivity contribution is 5.68. The lowest BCUT2D eigenvalue weighted by Crippen LogP contribution is -2.09. The summed E-state index contributed by atoms with van der Waals surface area (Å²) in [4.78, 5) is 10.6. The molecule has 0 radical (unpaired) electrons. The molecule has 0 aliphatic heterocycles. The number of nitro benzene ring substituents is 1. The summed E-state index contributed by atoms with van der Waals surface area (Å²) in [6, 6.07) is 12.2. The number of rotatable bonds is 5. The zero-order valence-corrected chi connectivity index (χ0v) is 11.9. The van der Waals surface area contributed by atoms with Gasteiger partial charge in [-0.05, 0) is 35.7 Å². The van der Waals surface area contributed by atoms with Gasteiger partial charge in [-0.2, -0.15) is 0 Å². The van der Waals surface area contributed by atoms with E-state index in [4.69, 9.17) is 10.6 Å². The Morgan fingerprint density at radius 3 is 2.38 bits per heavy atom. The number of nitrogen functional groups attached to an aromatic ring is 1. The minimum Gasteiger partial charge on any atom is -0.450 e. The van der Waals surface area contributed by atoms with Crippen LogP contribution in [0.3, 0.4) is 0 Å². The quantitative estimate of drug-likeness (QED) is 0.496. The zero-order valence-electron chi connectivity index (χ0n) is 11.9. The minimum atomic E-state index is -0.521. The highest BCUT2D eigenvalue weighted by atomic mass is 16.6. The van der Waals surface area contributed by atoms with E-state index in [0.29, 0.717) is 11.7 Å². The van der Waals surface area contributed by atoms with Crippen molar-refractivity contribution >= 4 is 11.4 Å². The van der Waals surface area contributed by atoms with Crippen LogP contribution in [-0.2, 0) is 0 Å². The Morgan fingerprint density at radius 1 is 1.19 bits per heavy atom. The van der Waals surface area contributed by atoms with Gasteiger partial charge in [0.1, 0.15) is 11.4 Å². The van der Waals surface area contributed by atoms with Crippen molar-refractivity contribution in [3.63, 3.8) is 0 Å². The molecule has 0 aliphatic carbocycles. The third kappa shape index (κ3) is 3.29. The zero-order chi connectivity index (χ0) is 15.4. The molecule has 0 bridgehead atoms. The number of anilines is 1. The summed E-state index contributed by atoms with van der Waals surface area (Å²) in [6.45, 7) is 4.19. The van der Waals surface area contributed by atoms with Crippen molar-refractivity contribution in [3.8, 4) is 11.5 Å². The van der Waals surface area contributed by atoms with Gasteiger partial charge < -0.3 is 10.2 Å². The second kappa shape index (κ2) is 6.23. The number of benzene rings is 2. The van der Waals surface area contributed by atoms with Crippen LogP contribution in [0.1, 0.15) is 25.3 Å². The van der Waals surface area contributed by atoms with Crippen molar-refractivity contribution in [2.24, 2.45) is 5.84 Å². The minimum absolute atomic E-state index is 0.146. The van der Waals surface area contributed by atoms with Gasteiger partial charge in [0.25, 0.3) is 0 Å². The maximum absolute atomic E-state index is 11.2. The third-order valence-corrected chi connectivity index (χ3v) is 3.11. The van der Waals surface area contributed by atoms with E-state index in [0.717, 1.165) is 0 Å². The predicted octanol–water partition coefficient (Wildman–Crippen LogP) is 3.80. The molecule has 21 heavy (non-hydrogen) atoms. The summed E-state index contributed by atoms with van der Waals surface area (Å²) in [5.74, 6) is 6.39. The lowest BCUT2D eigenvalue weighted by Gasteiger charge is -2.10. The summed E-state index contributed by atoms with van der Waals surface area (Å²) in [5.41, 5.74) is 3.50. The highest BCUT2D eigenvalue weighted by Gasteiger charge is 2.21. The normalized spacial score (nSPS) is 10.5. The molecule has 0 saturated heterocycles. The van der Waals surface area contributed by atoms with Crippen LogP contribution in [0.2, 0.25) is 0 Å². The van der Waals surface area contributed by atoms with E-state index < -0.39 is 4.92 Å². The first kappa shape index (κ1) is 14.8. The largest absolute Gasteiger partial charge is 0.450 e. The third-order valence-electron chi connectivity index (χ3n) is 3.11. The topological polar surface area (TPSA) is 90.4 Å². The molecule has 2 aromatic carbocycles. The van der Waals surface area contributed by atoms with Gasteiger partial charge in [0.05, 0.1) is 4.92 Å². The second-order valence-electron chi connectivity index (χ2n) is 4.88. The number of hydrogen-bond acceptors (Lipinski definition) is 5. The van der Waals surface area contributed by atoms with Gasteiger partial charge in [0.2, 0.25) is 5.75 Å². The average Bonchev–Trinajstić information content (AvgIpc) is 2.47. The van der Waals surface area contributed by atoms with Crippen molar-refractivity contribution in [1.82, 2.24) is 0 Å². The summed E-state index contributed by atoms with van der Waals surface area (Å²) >= 11 is 0. The van der Waals surface area contributed by atoms with E-state index in [9.17, 15) is 10.1 Å². The smallest absolute Gasteiger partial charge is 0.335 e. The van der Waals surface area contributed by atoms with Crippen molar-refractivity contribution in [2.75, 3.05) is 5.43 Å². The number of para-hydroxylation sites is 1. The fraction of sp³-hybridized carbons (Fsp3) is 0.200. The summed E-state index contributed by atoms with van der Waals surface area (Å²) in [5, 5.41) is 11.2. The molecule has 0 atom stereocenters. The van der Waals surface area contributed by atoms with Crippen molar-refractivity contribution in [1.29, 1.82) is 0 Å². The van der Waals surface area contributed by atoms with Gasteiger partial charge in [-0.25, -0.2) is 0 Å². The number of hydrazine groups is 1.